The van der Waals surface area contributed by atoms with Gasteiger partial charge in [-0.2, -0.15) is 13.2 Å². The van der Waals surface area contributed by atoms with Gasteiger partial charge < -0.3 is 4.57 Å². The second-order valence-electron chi connectivity index (χ2n) is 5.22. The van der Waals surface area contributed by atoms with Crippen LogP contribution >= 0.6 is 11.8 Å². The Kier molecular flexibility index (Phi) is 4.20. The largest absolute Gasteiger partial charge is 0.435 e. The third-order valence-corrected chi connectivity index (χ3v) is 4.32. The molecule has 0 bridgehead atoms. The zero-order valence-corrected chi connectivity index (χ0v) is 14.0. The van der Waals surface area contributed by atoms with Crippen molar-refractivity contribution in [1.29, 1.82) is 0 Å². The first-order chi connectivity index (χ1) is 11.3. The zero-order valence-electron chi connectivity index (χ0n) is 13.2. The lowest BCUT2D eigenvalue weighted by molar-refractivity contribution is -0.141. The lowest BCUT2D eigenvalue weighted by Crippen LogP contribution is -2.09. The van der Waals surface area contributed by atoms with Crippen molar-refractivity contribution in [3.63, 3.8) is 0 Å². The van der Waals surface area contributed by atoms with Gasteiger partial charge >= 0.3 is 6.18 Å². The highest BCUT2D eigenvalue weighted by Gasteiger charge is 2.34. The molecule has 3 rings (SSSR count). The van der Waals surface area contributed by atoms with Crippen LogP contribution in [0, 0.1) is 6.92 Å². The Morgan fingerprint density at radius 1 is 1.21 bits per heavy atom. The van der Waals surface area contributed by atoms with Crippen molar-refractivity contribution in [3.05, 3.63) is 29.6 Å². The van der Waals surface area contributed by atoms with E-state index in [9.17, 15) is 13.2 Å². The minimum absolute atomic E-state index is 0.143. The number of rotatable bonds is 3. The summed E-state index contributed by atoms with van der Waals surface area (Å²) in [6.45, 7) is 3.96. The predicted molar refractivity (Wildman–Crippen MR) is 85.7 cm³/mol. The van der Waals surface area contributed by atoms with Crippen LogP contribution in [-0.4, -0.2) is 30.5 Å². The zero-order chi connectivity index (χ0) is 17.5. The molecule has 0 saturated heterocycles. The highest BCUT2D eigenvalue weighted by molar-refractivity contribution is 7.99. The van der Waals surface area contributed by atoms with Gasteiger partial charge in [-0.05, 0) is 24.3 Å². The van der Waals surface area contributed by atoms with Crippen LogP contribution in [0.4, 0.5) is 13.2 Å². The molecule has 24 heavy (non-hydrogen) atoms. The molecule has 0 radical (unpaired) electrons. The molecule has 126 valence electrons. The van der Waals surface area contributed by atoms with Crippen LogP contribution in [0.5, 0.6) is 0 Å². The van der Waals surface area contributed by atoms with Gasteiger partial charge in [-0.3, -0.25) is 4.98 Å². The number of aryl methyl sites for hydroxylation is 2. The van der Waals surface area contributed by atoms with Crippen molar-refractivity contribution in [3.8, 4) is 11.5 Å². The van der Waals surface area contributed by atoms with E-state index in [1.165, 1.54) is 0 Å². The number of hydrogen-bond acceptors (Lipinski definition) is 5. The Morgan fingerprint density at radius 3 is 2.62 bits per heavy atom. The normalized spacial score (nSPS) is 12.1. The molecule has 0 amide bonds. The Morgan fingerprint density at radius 2 is 1.96 bits per heavy atom. The molecule has 0 aliphatic heterocycles. The van der Waals surface area contributed by atoms with Crippen LogP contribution in [0.3, 0.4) is 0 Å². The summed E-state index contributed by atoms with van der Waals surface area (Å²) in [5.74, 6) is 1.31. The van der Waals surface area contributed by atoms with E-state index in [4.69, 9.17) is 0 Å². The number of fused-ring (bicyclic) bond motifs is 1. The lowest BCUT2D eigenvalue weighted by atomic mass is 10.2. The molecular formula is C15H14F3N5S. The van der Waals surface area contributed by atoms with Gasteiger partial charge in [0.05, 0.1) is 0 Å². The molecule has 0 aromatic carbocycles. The minimum atomic E-state index is -4.55. The highest BCUT2D eigenvalue weighted by Crippen LogP contribution is 2.32. The minimum Gasteiger partial charge on any atom is -0.309 e. The highest BCUT2D eigenvalue weighted by atomic mass is 32.2. The number of hydrogen-bond donors (Lipinski definition) is 0. The van der Waals surface area contributed by atoms with Crippen LogP contribution < -0.4 is 0 Å². The van der Waals surface area contributed by atoms with E-state index >= 15 is 0 Å². The molecule has 9 heteroatoms. The molecule has 3 heterocycles. The van der Waals surface area contributed by atoms with Crippen LogP contribution in [0.25, 0.3) is 22.7 Å². The van der Waals surface area contributed by atoms with Crippen molar-refractivity contribution in [2.45, 2.75) is 24.9 Å². The molecule has 0 saturated carbocycles. The molecule has 3 aromatic rings. The molecule has 0 fully saturated rings. The molecule has 0 spiro atoms. The molecule has 0 aliphatic carbocycles. The standard InChI is InChI=1S/C15H14F3N5S/c1-4-24-10-5-8(2)7-19-12(10)14-20-9-6-11(15(16,17)18)21-22-13(9)23(14)3/h5-7H,4H2,1-3H3. The average Bonchev–Trinajstić information content (AvgIpc) is 2.83. The lowest BCUT2D eigenvalue weighted by Gasteiger charge is -2.08. The molecule has 0 aliphatic rings. The number of pyridine rings is 1. The summed E-state index contributed by atoms with van der Waals surface area (Å²) in [5, 5.41) is 6.94. The first-order valence-electron chi connectivity index (χ1n) is 7.18. The van der Waals surface area contributed by atoms with Crippen LogP contribution in [0.2, 0.25) is 0 Å². The second-order valence-corrected chi connectivity index (χ2v) is 6.53. The number of nitrogens with zero attached hydrogens (tertiary/aromatic N) is 5. The fourth-order valence-corrected chi connectivity index (χ4v) is 3.17. The number of imidazole rings is 1. The van der Waals surface area contributed by atoms with Gasteiger partial charge in [0, 0.05) is 24.2 Å². The first-order valence-corrected chi connectivity index (χ1v) is 8.17. The van der Waals surface area contributed by atoms with E-state index in [1.807, 2.05) is 19.9 Å². The topological polar surface area (TPSA) is 56.5 Å². The van der Waals surface area contributed by atoms with Gasteiger partial charge in [0.1, 0.15) is 11.2 Å². The average molecular weight is 353 g/mol. The fraction of sp³-hybridized carbons (Fsp3) is 0.333. The van der Waals surface area contributed by atoms with Gasteiger partial charge in [-0.1, -0.05) is 6.92 Å². The second kappa shape index (κ2) is 6.04. The SMILES string of the molecule is CCSc1cc(C)cnc1-c1nc2cc(C(F)(F)F)nnc2n1C. The third-order valence-electron chi connectivity index (χ3n) is 3.41. The summed E-state index contributed by atoms with van der Waals surface area (Å²) in [4.78, 5) is 9.66. The summed E-state index contributed by atoms with van der Waals surface area (Å²) >= 11 is 1.61. The van der Waals surface area contributed by atoms with E-state index in [2.05, 4.69) is 20.2 Å². The quantitative estimate of drug-likeness (QED) is 0.669. The Balaban J connectivity index is 2.19. The van der Waals surface area contributed by atoms with Gasteiger partial charge in [0.15, 0.2) is 17.2 Å². The van der Waals surface area contributed by atoms with Crippen molar-refractivity contribution in [2.75, 3.05) is 5.75 Å². The molecule has 0 N–H and O–H groups in total. The number of halogens is 3. The van der Waals surface area contributed by atoms with Crippen LogP contribution in [-0.2, 0) is 13.2 Å². The van der Waals surface area contributed by atoms with Gasteiger partial charge in [-0.15, -0.1) is 22.0 Å². The molecular weight excluding hydrogens is 339 g/mol. The van der Waals surface area contributed by atoms with E-state index in [1.54, 1.807) is 29.6 Å². The van der Waals surface area contributed by atoms with Crippen LogP contribution in [0.1, 0.15) is 18.2 Å². The van der Waals surface area contributed by atoms with Gasteiger partial charge in [-0.25, -0.2) is 4.98 Å². The number of alkyl halides is 3. The summed E-state index contributed by atoms with van der Waals surface area (Å²) in [7, 11) is 1.69. The molecule has 0 unspecified atom stereocenters. The van der Waals surface area contributed by atoms with Crippen molar-refractivity contribution in [1.82, 2.24) is 24.7 Å². The summed E-state index contributed by atoms with van der Waals surface area (Å²) in [6, 6.07) is 2.90. The first kappa shape index (κ1) is 16.7. The third kappa shape index (κ3) is 2.95. The number of aromatic nitrogens is 5. The maximum Gasteiger partial charge on any atom is 0.435 e. The summed E-state index contributed by atoms with van der Waals surface area (Å²) < 4.78 is 40.0. The van der Waals surface area contributed by atoms with E-state index in [0.29, 0.717) is 11.5 Å². The molecule has 3 aromatic heterocycles. The van der Waals surface area contributed by atoms with E-state index in [-0.39, 0.29) is 11.2 Å². The smallest absolute Gasteiger partial charge is 0.309 e. The molecule has 5 nitrogen and oxygen atoms in total. The van der Waals surface area contributed by atoms with E-state index < -0.39 is 11.9 Å². The molecule has 0 atom stereocenters. The summed E-state index contributed by atoms with van der Waals surface area (Å²) in [6.07, 6.45) is -2.84. The van der Waals surface area contributed by atoms with Crippen molar-refractivity contribution in [2.24, 2.45) is 7.05 Å². The Labute approximate surface area is 140 Å². The Hall–Kier alpha value is -2.16. The van der Waals surface area contributed by atoms with Gasteiger partial charge in [0.25, 0.3) is 0 Å². The maximum absolute atomic E-state index is 12.8. The maximum atomic E-state index is 12.8. The fourth-order valence-electron chi connectivity index (χ4n) is 2.31. The van der Waals surface area contributed by atoms with Gasteiger partial charge in [0.2, 0.25) is 0 Å². The number of thioether (sulfide) groups is 1. The van der Waals surface area contributed by atoms with Crippen LogP contribution in [0.15, 0.2) is 23.2 Å². The monoisotopic (exact) mass is 353 g/mol. The van der Waals surface area contributed by atoms with Crippen molar-refractivity contribution < 1.29 is 13.2 Å². The predicted octanol–water partition coefficient (Wildman–Crippen LogP) is 3.86. The van der Waals surface area contributed by atoms with Crippen molar-refractivity contribution >= 4 is 22.9 Å². The Bertz CT molecular complexity index is 904. The van der Waals surface area contributed by atoms with E-state index in [0.717, 1.165) is 22.3 Å². The summed E-state index contributed by atoms with van der Waals surface area (Å²) in [5.41, 5.74) is 1.01.